The first-order valence-electron chi connectivity index (χ1n) is 8.33. The van der Waals surface area contributed by atoms with Gasteiger partial charge in [0.2, 0.25) is 0 Å². The van der Waals surface area contributed by atoms with Crippen LogP contribution in [0.4, 0.5) is 0 Å². The van der Waals surface area contributed by atoms with E-state index in [1.807, 2.05) is 52.0 Å². The number of Topliss-reactive ketones (excluding diaryl/α,β-unsaturated/α-hetero) is 1. The second kappa shape index (κ2) is 7.56. The summed E-state index contributed by atoms with van der Waals surface area (Å²) in [5.74, 6) is -0.199. The van der Waals surface area contributed by atoms with Gasteiger partial charge in [0.1, 0.15) is 0 Å². The number of hydrogen-bond acceptors (Lipinski definition) is 3. The maximum absolute atomic E-state index is 13.0. The van der Waals surface area contributed by atoms with Crippen LogP contribution in [0.15, 0.2) is 24.3 Å². The number of para-hydroxylation sites is 1. The number of aryl methyl sites for hydroxylation is 1. The molecule has 130 valence electrons. The van der Waals surface area contributed by atoms with Crippen molar-refractivity contribution >= 4 is 22.6 Å². The topological polar surface area (TPSA) is 50.3 Å². The highest BCUT2D eigenvalue weighted by Crippen LogP contribution is 2.26. The van der Waals surface area contributed by atoms with E-state index in [9.17, 15) is 9.59 Å². The zero-order chi connectivity index (χ0) is 18.7. The van der Waals surface area contributed by atoms with Crippen LogP contribution in [-0.4, -0.2) is 34.2 Å². The fourth-order valence-electron chi connectivity index (χ4n) is 2.36. The van der Waals surface area contributed by atoms with Crippen molar-refractivity contribution in [1.29, 1.82) is 0 Å². The first-order valence-corrected chi connectivity index (χ1v) is 8.33. The van der Waals surface area contributed by atoms with Crippen molar-refractivity contribution < 1.29 is 9.59 Å². The molecule has 0 spiro atoms. The molecule has 0 aliphatic rings. The third-order valence-electron chi connectivity index (χ3n) is 4.60. The van der Waals surface area contributed by atoms with Crippen LogP contribution >= 0.6 is 0 Å². The van der Waals surface area contributed by atoms with Gasteiger partial charge in [-0.3, -0.25) is 14.6 Å². The van der Waals surface area contributed by atoms with Gasteiger partial charge >= 0.3 is 0 Å². The van der Waals surface area contributed by atoms with Crippen LogP contribution in [0.5, 0.6) is 0 Å². The molecule has 0 N–H and O–H groups in total. The SMILES string of the molecule is CC.CC(=O)C(C)(C)N(C)C(=O)c1c(C)c(C)nc2ccccc12. The summed E-state index contributed by atoms with van der Waals surface area (Å²) in [6, 6.07) is 7.60. The van der Waals surface area contributed by atoms with Crippen molar-refractivity contribution in [3.8, 4) is 0 Å². The van der Waals surface area contributed by atoms with Gasteiger partial charge in [0.15, 0.2) is 5.78 Å². The number of pyridine rings is 1. The lowest BCUT2D eigenvalue weighted by molar-refractivity contribution is -0.125. The lowest BCUT2D eigenvalue weighted by Gasteiger charge is -2.34. The highest BCUT2D eigenvalue weighted by Gasteiger charge is 2.34. The molecule has 4 nitrogen and oxygen atoms in total. The van der Waals surface area contributed by atoms with Gasteiger partial charge in [-0.15, -0.1) is 0 Å². The highest BCUT2D eigenvalue weighted by atomic mass is 16.2. The number of hydrogen-bond donors (Lipinski definition) is 0. The number of fused-ring (bicyclic) bond motifs is 1. The Bertz CT molecular complexity index is 764. The number of carbonyl (C=O) groups excluding carboxylic acids is 2. The molecule has 0 bridgehead atoms. The number of benzene rings is 1. The minimum absolute atomic E-state index is 0.0453. The summed E-state index contributed by atoms with van der Waals surface area (Å²) in [6.07, 6.45) is 0. The minimum atomic E-state index is -0.845. The Labute approximate surface area is 144 Å². The first-order chi connectivity index (χ1) is 11.2. The van der Waals surface area contributed by atoms with Gasteiger partial charge in [-0.1, -0.05) is 32.0 Å². The molecule has 4 heteroatoms. The second-order valence-corrected chi connectivity index (χ2v) is 6.19. The normalized spacial score (nSPS) is 10.8. The van der Waals surface area contributed by atoms with E-state index < -0.39 is 5.54 Å². The van der Waals surface area contributed by atoms with Crippen LogP contribution in [-0.2, 0) is 4.79 Å². The van der Waals surface area contributed by atoms with Gasteiger partial charge in [0.25, 0.3) is 5.91 Å². The van der Waals surface area contributed by atoms with Gasteiger partial charge in [-0.05, 0) is 46.2 Å². The van der Waals surface area contributed by atoms with Crippen LogP contribution in [0.2, 0.25) is 0 Å². The van der Waals surface area contributed by atoms with Crippen molar-refractivity contribution in [1.82, 2.24) is 9.88 Å². The van der Waals surface area contributed by atoms with Gasteiger partial charge in [-0.25, -0.2) is 0 Å². The first kappa shape index (κ1) is 19.8. The summed E-state index contributed by atoms with van der Waals surface area (Å²) in [4.78, 5) is 30.9. The van der Waals surface area contributed by atoms with E-state index in [1.165, 1.54) is 11.8 Å². The van der Waals surface area contributed by atoms with E-state index in [4.69, 9.17) is 0 Å². The van der Waals surface area contributed by atoms with Crippen molar-refractivity contribution in [2.45, 2.75) is 54.0 Å². The number of aromatic nitrogens is 1. The molecule has 1 amide bonds. The quantitative estimate of drug-likeness (QED) is 0.843. The fourth-order valence-corrected chi connectivity index (χ4v) is 2.36. The molecule has 2 aromatic rings. The average Bonchev–Trinajstić information content (AvgIpc) is 2.56. The monoisotopic (exact) mass is 328 g/mol. The van der Waals surface area contributed by atoms with E-state index in [-0.39, 0.29) is 11.7 Å². The Hall–Kier alpha value is -2.23. The molecule has 0 saturated heterocycles. The lowest BCUT2D eigenvalue weighted by atomic mass is 9.95. The molecule has 0 aliphatic heterocycles. The molecule has 0 radical (unpaired) electrons. The standard InChI is InChI=1S/C18H22N2O2.C2H6/c1-11-12(2)19-15-10-8-7-9-14(15)16(11)17(22)20(6)18(4,5)13(3)21;1-2/h7-10H,1-6H3;1-2H3. The zero-order valence-corrected chi connectivity index (χ0v) is 16.0. The van der Waals surface area contributed by atoms with Gasteiger partial charge in [0, 0.05) is 18.1 Å². The highest BCUT2D eigenvalue weighted by molar-refractivity contribution is 6.09. The fraction of sp³-hybridized carbons (Fsp3) is 0.450. The molecule has 1 aromatic heterocycles. The van der Waals surface area contributed by atoms with Crippen molar-refractivity contribution in [2.24, 2.45) is 0 Å². The van der Waals surface area contributed by atoms with Gasteiger partial charge in [-0.2, -0.15) is 0 Å². The molecular weight excluding hydrogens is 300 g/mol. The van der Waals surface area contributed by atoms with E-state index >= 15 is 0 Å². The Balaban J connectivity index is 0.00000139. The van der Waals surface area contributed by atoms with E-state index in [0.717, 1.165) is 22.2 Å². The third kappa shape index (κ3) is 3.48. The molecule has 0 aliphatic carbocycles. The number of rotatable bonds is 3. The summed E-state index contributed by atoms with van der Waals surface area (Å²) in [5, 5.41) is 0.821. The number of carbonyl (C=O) groups is 2. The van der Waals surface area contributed by atoms with Crippen LogP contribution in [0.1, 0.15) is 56.2 Å². The second-order valence-electron chi connectivity index (χ2n) is 6.19. The van der Waals surface area contributed by atoms with Gasteiger partial charge in [0.05, 0.1) is 16.6 Å². The van der Waals surface area contributed by atoms with Crippen LogP contribution in [0, 0.1) is 13.8 Å². The molecule has 0 atom stereocenters. The molecule has 24 heavy (non-hydrogen) atoms. The van der Waals surface area contributed by atoms with Gasteiger partial charge < -0.3 is 4.90 Å². The summed E-state index contributed by atoms with van der Waals surface area (Å²) in [7, 11) is 1.67. The van der Waals surface area contributed by atoms with Crippen molar-refractivity contribution in [3.63, 3.8) is 0 Å². The number of likely N-dealkylation sites (N-methyl/N-ethyl adjacent to an activating group) is 1. The van der Waals surface area contributed by atoms with Crippen LogP contribution in [0.25, 0.3) is 10.9 Å². The molecular formula is C20H28N2O2. The molecule has 2 rings (SSSR count). The van der Waals surface area contributed by atoms with E-state index in [2.05, 4.69) is 4.98 Å². The minimum Gasteiger partial charge on any atom is -0.330 e. The number of ketones is 1. The summed E-state index contributed by atoms with van der Waals surface area (Å²) in [5.41, 5.74) is 2.26. The molecule has 1 heterocycles. The van der Waals surface area contributed by atoms with Crippen LogP contribution in [0.3, 0.4) is 0 Å². The summed E-state index contributed by atoms with van der Waals surface area (Å²) in [6.45, 7) is 12.8. The lowest BCUT2D eigenvalue weighted by Crippen LogP contribution is -2.50. The third-order valence-corrected chi connectivity index (χ3v) is 4.60. The maximum Gasteiger partial charge on any atom is 0.255 e. The van der Waals surface area contributed by atoms with E-state index in [1.54, 1.807) is 20.9 Å². The predicted molar refractivity (Wildman–Crippen MR) is 99.4 cm³/mol. The summed E-state index contributed by atoms with van der Waals surface area (Å²) >= 11 is 0. The Kier molecular flexibility index (Phi) is 6.24. The average molecular weight is 328 g/mol. The van der Waals surface area contributed by atoms with Crippen molar-refractivity contribution in [2.75, 3.05) is 7.05 Å². The number of amides is 1. The predicted octanol–water partition coefficient (Wildman–Crippen LogP) is 4.32. The van der Waals surface area contributed by atoms with Crippen molar-refractivity contribution in [3.05, 3.63) is 41.1 Å². The molecule has 0 saturated carbocycles. The largest absolute Gasteiger partial charge is 0.330 e. The maximum atomic E-state index is 13.0. The molecule has 0 fully saturated rings. The smallest absolute Gasteiger partial charge is 0.255 e. The van der Waals surface area contributed by atoms with E-state index in [0.29, 0.717) is 5.56 Å². The Morgan fingerprint density at radius 2 is 1.62 bits per heavy atom. The summed E-state index contributed by atoms with van der Waals surface area (Å²) < 4.78 is 0. The Morgan fingerprint density at radius 1 is 1.08 bits per heavy atom. The Morgan fingerprint density at radius 3 is 2.17 bits per heavy atom. The zero-order valence-electron chi connectivity index (χ0n) is 16.0. The molecule has 0 unspecified atom stereocenters. The molecule has 1 aromatic carbocycles. The van der Waals surface area contributed by atoms with Crippen LogP contribution < -0.4 is 0 Å². The number of nitrogens with zero attached hydrogens (tertiary/aromatic N) is 2.